The van der Waals surface area contributed by atoms with E-state index in [2.05, 4.69) is 10.6 Å². The number of halogens is 1. The Balaban J connectivity index is 1.45. The minimum Gasteiger partial charge on any atom is -0.383 e. The van der Waals surface area contributed by atoms with Crippen LogP contribution in [0.2, 0.25) is 0 Å². The summed E-state index contributed by atoms with van der Waals surface area (Å²) in [6, 6.07) is 4.64. The van der Waals surface area contributed by atoms with Gasteiger partial charge in [-0.15, -0.1) is 0 Å². The highest BCUT2D eigenvalue weighted by atomic mass is 19.1. The Kier molecular flexibility index (Phi) is 6.17. The quantitative estimate of drug-likeness (QED) is 0.578. The number of carbonyl (C=O) groups excluding carboxylic acids is 3. The van der Waals surface area contributed by atoms with Gasteiger partial charge < -0.3 is 25.0 Å². The second-order valence-corrected chi connectivity index (χ2v) is 10.2. The molecule has 8 nitrogen and oxygen atoms in total. The smallest absolute Gasteiger partial charge is 0.246 e. The Labute approximate surface area is 204 Å². The van der Waals surface area contributed by atoms with Crippen LogP contribution in [0.15, 0.2) is 36.4 Å². The molecule has 1 aromatic rings. The van der Waals surface area contributed by atoms with E-state index in [1.165, 1.54) is 29.2 Å². The summed E-state index contributed by atoms with van der Waals surface area (Å²) in [5.74, 6) is -3.05. The molecule has 0 unspecified atom stereocenters. The first kappa shape index (κ1) is 23.9. The van der Waals surface area contributed by atoms with Crippen molar-refractivity contribution in [3.63, 3.8) is 0 Å². The standard InChI is InChI=1S/C26H32FN3O5/c1-25-12-13-26(35-25)20(19(25)22(31)28-18-10-8-16(27)9-11-18)24(33)30(14-15-34-2)21(26)23(32)29-17-6-4-3-5-7-17/h8-13,17,19-21H,3-7,14-15H2,1-2H3,(H,28,31)(H,29,32)/t19-,20-,21+,25+,26-/m0/s1. The average Bonchev–Trinajstić information content (AvgIpc) is 3.40. The zero-order valence-corrected chi connectivity index (χ0v) is 20.1. The number of ether oxygens (including phenoxy) is 2. The Bertz CT molecular complexity index is 1040. The first-order valence-electron chi connectivity index (χ1n) is 12.4. The van der Waals surface area contributed by atoms with Crippen molar-refractivity contribution in [1.29, 1.82) is 0 Å². The molecular weight excluding hydrogens is 453 g/mol. The lowest BCUT2D eigenvalue weighted by atomic mass is 9.70. The van der Waals surface area contributed by atoms with Gasteiger partial charge in [0.15, 0.2) is 0 Å². The van der Waals surface area contributed by atoms with Crippen LogP contribution < -0.4 is 10.6 Å². The number of fused-ring (bicyclic) bond motifs is 1. The van der Waals surface area contributed by atoms with Gasteiger partial charge in [-0.2, -0.15) is 0 Å². The van der Waals surface area contributed by atoms with Gasteiger partial charge in [0.1, 0.15) is 17.5 Å². The van der Waals surface area contributed by atoms with Crippen LogP contribution in [0, 0.1) is 17.7 Å². The number of amides is 3. The first-order valence-corrected chi connectivity index (χ1v) is 12.4. The summed E-state index contributed by atoms with van der Waals surface area (Å²) in [6.45, 7) is 2.25. The number of methoxy groups -OCH3 is 1. The number of anilines is 1. The van der Waals surface area contributed by atoms with E-state index in [9.17, 15) is 18.8 Å². The zero-order chi connectivity index (χ0) is 24.8. The largest absolute Gasteiger partial charge is 0.383 e. The first-order chi connectivity index (χ1) is 16.8. The molecule has 1 aromatic carbocycles. The molecule has 5 rings (SSSR count). The Hall–Kier alpha value is -2.78. The fraction of sp³-hybridized carbons (Fsp3) is 0.577. The lowest BCUT2D eigenvalue weighted by molar-refractivity contribution is -0.144. The van der Waals surface area contributed by atoms with Crippen molar-refractivity contribution >= 4 is 23.4 Å². The van der Waals surface area contributed by atoms with Crippen molar-refractivity contribution in [3.8, 4) is 0 Å². The number of hydrogen-bond acceptors (Lipinski definition) is 5. The number of rotatable bonds is 7. The summed E-state index contributed by atoms with van der Waals surface area (Å²) in [7, 11) is 1.54. The molecule has 1 spiro atoms. The predicted molar refractivity (Wildman–Crippen MR) is 126 cm³/mol. The zero-order valence-electron chi connectivity index (χ0n) is 20.1. The molecule has 1 aliphatic carbocycles. The monoisotopic (exact) mass is 485 g/mol. The molecule has 5 atom stereocenters. The van der Waals surface area contributed by atoms with E-state index in [0.717, 1.165) is 32.1 Å². The molecule has 3 fully saturated rings. The van der Waals surface area contributed by atoms with Gasteiger partial charge in [0.05, 0.1) is 24.0 Å². The highest BCUT2D eigenvalue weighted by Crippen LogP contribution is 2.59. The molecule has 1 saturated carbocycles. The topological polar surface area (TPSA) is 97.0 Å². The van der Waals surface area contributed by atoms with Crippen LogP contribution in [0.4, 0.5) is 10.1 Å². The predicted octanol–water partition coefficient (Wildman–Crippen LogP) is 2.40. The van der Waals surface area contributed by atoms with Gasteiger partial charge in [0.2, 0.25) is 17.7 Å². The summed E-state index contributed by atoms with van der Waals surface area (Å²) in [6.07, 6.45) is 8.72. The molecule has 4 aliphatic rings. The molecule has 9 heteroatoms. The second kappa shape index (κ2) is 9.02. The van der Waals surface area contributed by atoms with Crippen molar-refractivity contribution in [2.24, 2.45) is 11.8 Å². The number of carbonyl (C=O) groups is 3. The molecule has 2 N–H and O–H groups in total. The molecule has 2 bridgehead atoms. The third-order valence-corrected chi connectivity index (χ3v) is 7.93. The fourth-order valence-electron chi connectivity index (χ4n) is 6.34. The van der Waals surface area contributed by atoms with E-state index in [4.69, 9.17) is 9.47 Å². The third-order valence-electron chi connectivity index (χ3n) is 7.93. The van der Waals surface area contributed by atoms with Gasteiger partial charge in [-0.1, -0.05) is 31.4 Å². The molecule has 0 radical (unpaired) electrons. The van der Waals surface area contributed by atoms with Crippen molar-refractivity contribution in [3.05, 3.63) is 42.2 Å². The summed E-state index contributed by atoms with van der Waals surface area (Å²) in [5.41, 5.74) is -1.85. The second-order valence-electron chi connectivity index (χ2n) is 10.2. The normalized spacial score (nSPS) is 33.7. The van der Waals surface area contributed by atoms with Crippen molar-refractivity contribution < 1.29 is 28.2 Å². The van der Waals surface area contributed by atoms with Crippen LogP contribution in [0.5, 0.6) is 0 Å². The van der Waals surface area contributed by atoms with E-state index in [1.54, 1.807) is 26.2 Å². The van der Waals surface area contributed by atoms with Crippen molar-refractivity contribution in [2.45, 2.75) is 62.3 Å². The number of nitrogens with zero attached hydrogens (tertiary/aromatic N) is 1. The van der Waals surface area contributed by atoms with Gasteiger partial charge in [-0.25, -0.2) is 4.39 Å². The van der Waals surface area contributed by atoms with Crippen LogP contribution in [0.3, 0.4) is 0 Å². The maximum absolute atomic E-state index is 13.8. The molecule has 188 valence electrons. The lowest BCUT2D eigenvalue weighted by Crippen LogP contribution is -2.57. The molecule has 3 aliphatic heterocycles. The van der Waals surface area contributed by atoms with E-state index < -0.39 is 40.8 Å². The van der Waals surface area contributed by atoms with E-state index in [1.807, 2.05) is 0 Å². The maximum atomic E-state index is 13.8. The number of likely N-dealkylation sites (tertiary alicyclic amines) is 1. The van der Waals surface area contributed by atoms with E-state index in [0.29, 0.717) is 5.69 Å². The maximum Gasteiger partial charge on any atom is 0.246 e. The minimum atomic E-state index is -1.23. The number of benzene rings is 1. The van der Waals surface area contributed by atoms with Gasteiger partial charge in [0.25, 0.3) is 0 Å². The Morgan fingerprint density at radius 1 is 1.14 bits per heavy atom. The van der Waals surface area contributed by atoms with Crippen LogP contribution >= 0.6 is 0 Å². The summed E-state index contributed by atoms with van der Waals surface area (Å²) in [5, 5.41) is 5.96. The Morgan fingerprint density at radius 3 is 2.54 bits per heavy atom. The molecule has 3 amide bonds. The Morgan fingerprint density at radius 2 is 1.86 bits per heavy atom. The van der Waals surface area contributed by atoms with Crippen LogP contribution in [0.1, 0.15) is 39.0 Å². The van der Waals surface area contributed by atoms with E-state index in [-0.39, 0.29) is 31.0 Å². The van der Waals surface area contributed by atoms with E-state index >= 15 is 0 Å². The third kappa shape index (κ3) is 3.94. The van der Waals surface area contributed by atoms with Gasteiger partial charge in [0, 0.05) is 25.4 Å². The summed E-state index contributed by atoms with van der Waals surface area (Å²) < 4.78 is 25.0. The van der Waals surface area contributed by atoms with Crippen molar-refractivity contribution in [2.75, 3.05) is 25.6 Å². The SMILES string of the molecule is COCCN1C(=O)[C@@H]2[C@@H](C(=O)Nc3ccc(F)cc3)[C@@]3(C)C=C[C@@]2(O3)[C@H]1C(=O)NC1CCCCC1. The molecule has 0 aromatic heterocycles. The summed E-state index contributed by atoms with van der Waals surface area (Å²) in [4.78, 5) is 42.4. The molecule has 3 heterocycles. The highest BCUT2D eigenvalue weighted by Gasteiger charge is 2.76. The van der Waals surface area contributed by atoms with Crippen LogP contribution in [-0.2, 0) is 23.9 Å². The molecular formula is C26H32FN3O5. The van der Waals surface area contributed by atoms with Gasteiger partial charge >= 0.3 is 0 Å². The lowest BCUT2D eigenvalue weighted by Gasteiger charge is -2.34. The van der Waals surface area contributed by atoms with Crippen molar-refractivity contribution in [1.82, 2.24) is 10.2 Å². The van der Waals surface area contributed by atoms with Crippen LogP contribution in [0.25, 0.3) is 0 Å². The number of nitrogens with one attached hydrogen (secondary N) is 2. The fourth-order valence-corrected chi connectivity index (χ4v) is 6.34. The molecule has 2 saturated heterocycles. The van der Waals surface area contributed by atoms with Gasteiger partial charge in [-0.3, -0.25) is 14.4 Å². The molecule has 35 heavy (non-hydrogen) atoms. The average molecular weight is 486 g/mol. The highest BCUT2D eigenvalue weighted by molar-refractivity contribution is 6.03. The van der Waals surface area contributed by atoms with Crippen LogP contribution in [-0.4, -0.2) is 66.2 Å². The van der Waals surface area contributed by atoms with Gasteiger partial charge in [-0.05, 0) is 44.0 Å². The summed E-state index contributed by atoms with van der Waals surface area (Å²) >= 11 is 0. The minimum absolute atomic E-state index is 0.0711. The number of hydrogen-bond donors (Lipinski definition) is 2.